The number of aryl methyl sites for hydroxylation is 2. The van der Waals surface area contributed by atoms with Gasteiger partial charge in [-0.25, -0.2) is 38.1 Å². The lowest BCUT2D eigenvalue weighted by Crippen LogP contribution is -2.30. The van der Waals surface area contributed by atoms with Crippen LogP contribution < -0.4 is 14.8 Å². The fraction of sp³-hybridized carbons (Fsp3) is 0.333. The van der Waals surface area contributed by atoms with Crippen molar-refractivity contribution in [3.63, 3.8) is 0 Å². The molecule has 5 heterocycles. The third-order valence-electron chi connectivity index (χ3n) is 14.0. The second-order valence-electron chi connectivity index (χ2n) is 21.4. The summed E-state index contributed by atoms with van der Waals surface area (Å²) in [5, 5.41) is 22.3. The van der Waals surface area contributed by atoms with Gasteiger partial charge in [0.1, 0.15) is 0 Å². The molecular formula is C72H85Br2N7O19. The van der Waals surface area contributed by atoms with E-state index in [1.54, 1.807) is 147 Å². The molecule has 7 aromatic rings. The lowest BCUT2D eigenvalue weighted by molar-refractivity contribution is -0.179. The number of aromatic carboxylic acids is 1. The minimum atomic E-state index is -0.921. The van der Waals surface area contributed by atoms with E-state index in [0.29, 0.717) is 52.1 Å². The average molecular weight is 1510 g/mol. The van der Waals surface area contributed by atoms with Gasteiger partial charge in [0.25, 0.3) is 5.91 Å². The van der Waals surface area contributed by atoms with E-state index < -0.39 is 17.9 Å². The standard InChI is InChI=1S/C14H14N2O3.C14H17NO4.C13H12N2O3.C12H11NO3.C11H12O4.C5H13NO2.C3H6Br2/c1-18-14(17)11-5-3-10(4-6-11)12-9-15-16-7-2-8-19-13(12)16;1-15(2)9-12(14(17)19-4)10-5-7-11(8-6-10)13(16)18-3;16-13(17)10-4-2-9(3-5-10)11-8-14-15-6-1-7-18-12(11)15;1-16-12(15)9-4-2-8(3-5-9)10-6-7-13-11(10)14;1-14-10(12)7-8-3-5-9(6-4-8)11(13)15-2;1-6(2)5(7-3)8-4;4-2-1-3-5/h3-6,9H,2,7-8H2,1H3;5-9H,1-4H3;2-5,8H,1,6-7H2,(H,16,17);2-6H,7H2,1H3,(H,13,14);3-6H,7H2,1-2H3;5H,1-4H3;1-3H2/b;12-9+;;;;;. The van der Waals surface area contributed by atoms with Crippen LogP contribution in [-0.2, 0) is 71.8 Å². The number of hydrogen-bond donors (Lipinski definition) is 2. The Bertz CT molecular complexity index is 3810. The van der Waals surface area contributed by atoms with Crippen LogP contribution in [0.3, 0.4) is 0 Å². The Hall–Kier alpha value is -10.0. The van der Waals surface area contributed by atoms with Crippen molar-refractivity contribution in [2.75, 3.05) is 115 Å². The number of aromatic nitrogens is 4. The van der Waals surface area contributed by atoms with E-state index in [4.69, 9.17) is 28.8 Å². The number of halogens is 2. The second-order valence-corrected chi connectivity index (χ2v) is 23.0. The van der Waals surface area contributed by atoms with Gasteiger partial charge in [-0.1, -0.05) is 98.6 Å². The van der Waals surface area contributed by atoms with Crippen molar-refractivity contribution in [1.29, 1.82) is 0 Å². The van der Waals surface area contributed by atoms with Crippen molar-refractivity contribution < 1.29 is 90.8 Å². The number of rotatable bonds is 18. The molecule has 1 amide bonds. The predicted molar refractivity (Wildman–Crippen MR) is 381 cm³/mol. The van der Waals surface area contributed by atoms with E-state index >= 15 is 0 Å². The number of methoxy groups -OCH3 is 8. The van der Waals surface area contributed by atoms with Crippen LogP contribution in [0.2, 0.25) is 0 Å². The fourth-order valence-corrected chi connectivity index (χ4v) is 10.3. The van der Waals surface area contributed by atoms with Crippen LogP contribution in [0.25, 0.3) is 33.4 Å². The van der Waals surface area contributed by atoms with Crippen molar-refractivity contribution in [2.24, 2.45) is 0 Å². The first-order valence-electron chi connectivity index (χ1n) is 30.9. The summed E-state index contributed by atoms with van der Waals surface area (Å²) in [6.45, 7) is 3.73. The van der Waals surface area contributed by atoms with Crippen LogP contribution in [-0.4, -0.2) is 204 Å². The molecule has 0 saturated carbocycles. The summed E-state index contributed by atoms with van der Waals surface area (Å²) in [5.74, 6) is -1.68. The highest BCUT2D eigenvalue weighted by Gasteiger charge is 2.21. The molecule has 0 unspecified atom stereocenters. The number of ether oxygens (including phenoxy) is 10. The molecule has 2 aromatic heterocycles. The Morgan fingerprint density at radius 2 is 0.940 bits per heavy atom. The molecule has 5 aromatic carbocycles. The van der Waals surface area contributed by atoms with Gasteiger partial charge in [0, 0.05) is 83.2 Å². The van der Waals surface area contributed by atoms with Gasteiger partial charge in [0.2, 0.25) is 18.2 Å². The zero-order valence-electron chi connectivity index (χ0n) is 57.9. The van der Waals surface area contributed by atoms with Crippen molar-refractivity contribution in [3.8, 4) is 34.0 Å². The highest BCUT2D eigenvalue weighted by atomic mass is 79.9. The Balaban J connectivity index is 0.000000254. The number of benzene rings is 5. The predicted octanol–water partition coefficient (Wildman–Crippen LogP) is 10.2. The minimum Gasteiger partial charge on any atom is -0.478 e. The highest BCUT2D eigenvalue weighted by Crippen LogP contribution is 2.34. The van der Waals surface area contributed by atoms with Crippen LogP contribution >= 0.6 is 31.9 Å². The number of esters is 6. The third-order valence-corrected chi connectivity index (χ3v) is 15.2. The maximum Gasteiger partial charge on any atom is 0.339 e. The Morgan fingerprint density at radius 1 is 0.550 bits per heavy atom. The van der Waals surface area contributed by atoms with Crippen molar-refractivity contribution in [3.05, 3.63) is 191 Å². The van der Waals surface area contributed by atoms with Crippen LogP contribution in [0.4, 0.5) is 0 Å². The topological polar surface area (TPSA) is 303 Å². The lowest BCUT2D eigenvalue weighted by atomic mass is 10.0. The summed E-state index contributed by atoms with van der Waals surface area (Å²) in [4.78, 5) is 93.4. The number of amides is 1. The van der Waals surface area contributed by atoms with E-state index in [2.05, 4.69) is 71.1 Å². The summed E-state index contributed by atoms with van der Waals surface area (Å²) in [5.41, 5.74) is 9.30. The molecule has 10 rings (SSSR count). The molecule has 28 heteroatoms. The monoisotopic (exact) mass is 1510 g/mol. The average Bonchev–Trinajstić information content (AvgIpc) is 1.66. The van der Waals surface area contributed by atoms with Gasteiger partial charge in [-0.3, -0.25) is 14.5 Å². The van der Waals surface area contributed by atoms with E-state index in [-0.39, 0.29) is 48.2 Å². The molecule has 0 radical (unpaired) electrons. The molecule has 0 atom stereocenters. The number of carboxylic acids is 1. The number of alkyl halides is 2. The maximum atomic E-state index is 11.7. The molecular weight excluding hydrogens is 1430 g/mol. The van der Waals surface area contributed by atoms with Gasteiger partial charge < -0.3 is 62.7 Å². The first kappa shape index (κ1) is 82.4. The molecule has 2 N–H and O–H groups in total. The molecule has 0 bridgehead atoms. The second kappa shape index (κ2) is 44.1. The SMILES string of the molecule is BrCCCBr.COC(=O)/C(=C/N(C)C)c1ccc(C(=O)OC)cc1.COC(=O)Cc1ccc(C(=O)OC)cc1.COC(=O)c1ccc(-c2cnn3c2OCCC3)cc1.COC(=O)c1ccc(C2=CCNC2=O)cc1.COC(OC)N(C)C.O=C(O)c1ccc(-c2cnn3c2OCCC3)cc1. The largest absolute Gasteiger partial charge is 0.478 e. The minimum absolute atomic E-state index is 0.0779. The zero-order valence-corrected chi connectivity index (χ0v) is 61.1. The lowest BCUT2D eigenvalue weighted by Gasteiger charge is -2.19. The molecule has 0 fully saturated rings. The van der Waals surface area contributed by atoms with Crippen molar-refractivity contribution in [1.82, 2.24) is 34.7 Å². The van der Waals surface area contributed by atoms with Gasteiger partial charge in [0.05, 0.1) is 119 Å². The van der Waals surface area contributed by atoms with Crippen molar-refractivity contribution in [2.45, 2.75) is 45.2 Å². The summed E-state index contributed by atoms with van der Waals surface area (Å²) < 4.78 is 52.4. The van der Waals surface area contributed by atoms with Crippen LogP contribution in [0.1, 0.15) is 87.7 Å². The van der Waals surface area contributed by atoms with Crippen LogP contribution in [0.15, 0.2) is 146 Å². The Morgan fingerprint density at radius 3 is 1.26 bits per heavy atom. The Labute approximate surface area is 598 Å². The van der Waals surface area contributed by atoms with Gasteiger partial charge in [-0.2, -0.15) is 10.2 Å². The summed E-state index contributed by atoms with van der Waals surface area (Å²) in [6, 6.07) is 33.9. The number of carboxylic acid groups (broad SMARTS) is 1. The molecule has 3 aliphatic heterocycles. The summed E-state index contributed by atoms with van der Waals surface area (Å²) in [7, 11) is 18.6. The van der Waals surface area contributed by atoms with E-state index in [9.17, 15) is 38.4 Å². The van der Waals surface area contributed by atoms with Crippen LogP contribution in [0, 0.1) is 0 Å². The first-order valence-corrected chi connectivity index (χ1v) is 33.1. The van der Waals surface area contributed by atoms with Gasteiger partial charge in [-0.15, -0.1) is 0 Å². The molecule has 100 heavy (non-hydrogen) atoms. The Kier molecular flexibility index (Phi) is 36.4. The number of carbonyl (C=O) groups excluding carboxylic acids is 7. The van der Waals surface area contributed by atoms with Crippen molar-refractivity contribution >= 4 is 90.7 Å². The van der Waals surface area contributed by atoms with Gasteiger partial charge >= 0.3 is 41.8 Å². The van der Waals surface area contributed by atoms with Gasteiger partial charge in [0.15, 0.2) is 0 Å². The number of carbonyl (C=O) groups is 8. The number of nitrogens with one attached hydrogen (secondary N) is 1. The zero-order chi connectivity index (χ0) is 73.7. The van der Waals surface area contributed by atoms with E-state index in [1.807, 2.05) is 60.7 Å². The molecule has 536 valence electrons. The number of fused-ring (bicyclic) bond motifs is 2. The molecule has 0 saturated heterocycles. The smallest absolute Gasteiger partial charge is 0.339 e. The fourth-order valence-electron chi connectivity index (χ4n) is 9.02. The summed E-state index contributed by atoms with van der Waals surface area (Å²) >= 11 is 6.56. The highest BCUT2D eigenvalue weighted by molar-refractivity contribution is 9.09. The molecule has 26 nitrogen and oxygen atoms in total. The summed E-state index contributed by atoms with van der Waals surface area (Å²) in [6.07, 6.45) is 10.2. The number of nitrogens with zero attached hydrogens (tertiary/aromatic N) is 6. The van der Waals surface area contributed by atoms with E-state index in [1.165, 1.54) is 49.1 Å². The maximum absolute atomic E-state index is 11.7. The molecule has 3 aliphatic rings. The normalized spacial score (nSPS) is 12.1. The van der Waals surface area contributed by atoms with Gasteiger partial charge in [-0.05, 0) is 109 Å². The quantitative estimate of drug-likeness (QED) is 0.0265. The van der Waals surface area contributed by atoms with Crippen LogP contribution in [0.5, 0.6) is 11.8 Å². The van der Waals surface area contributed by atoms with E-state index in [0.717, 1.165) is 88.3 Å². The third kappa shape index (κ3) is 26.0. The first-order chi connectivity index (χ1) is 48.1. The molecule has 0 spiro atoms. The number of hydrogen-bond acceptors (Lipinski definition) is 22. The molecule has 0 aliphatic carbocycles.